The summed E-state index contributed by atoms with van der Waals surface area (Å²) in [7, 11) is 0. The molecule has 114 valence electrons. The highest BCUT2D eigenvalue weighted by Gasteiger charge is 2.10. The minimum absolute atomic E-state index is 0.312. The Labute approximate surface area is 140 Å². The normalized spacial score (nSPS) is 11.2. The Bertz CT molecular complexity index is 886. The second-order valence-electron chi connectivity index (χ2n) is 4.85. The van der Waals surface area contributed by atoms with Crippen LogP contribution >= 0.6 is 34.9 Å². The molecule has 4 nitrogen and oxygen atoms in total. The molecule has 0 saturated carbocycles. The second kappa shape index (κ2) is 6.44. The van der Waals surface area contributed by atoms with Gasteiger partial charge in [-0.25, -0.2) is 4.79 Å². The monoisotopic (exact) mass is 350 g/mol. The first-order chi connectivity index (χ1) is 10.6. The Morgan fingerprint density at radius 3 is 2.59 bits per heavy atom. The lowest BCUT2D eigenvalue weighted by Gasteiger charge is -2.07. The van der Waals surface area contributed by atoms with Crippen molar-refractivity contribution in [3.05, 3.63) is 45.3 Å². The number of aryl methyl sites for hydroxylation is 2. The SMILES string of the molecule is CSc1nnc(SCc2cc(=O)oc3cc(C)c(C)cc23)s1. The van der Waals surface area contributed by atoms with Crippen LogP contribution in [0.5, 0.6) is 0 Å². The van der Waals surface area contributed by atoms with Crippen molar-refractivity contribution in [2.75, 3.05) is 6.26 Å². The van der Waals surface area contributed by atoms with Crippen molar-refractivity contribution in [1.82, 2.24) is 10.2 Å². The summed E-state index contributed by atoms with van der Waals surface area (Å²) in [5, 5.41) is 9.22. The maximum atomic E-state index is 11.8. The molecule has 0 aliphatic carbocycles. The first-order valence-corrected chi connectivity index (χ1v) is 9.64. The predicted octanol–water partition coefficient (Wildman–Crippen LogP) is 4.28. The first-order valence-electron chi connectivity index (χ1n) is 6.61. The third-order valence-corrected chi connectivity index (χ3v) is 6.44. The first kappa shape index (κ1) is 15.6. The zero-order valence-corrected chi connectivity index (χ0v) is 14.8. The van der Waals surface area contributed by atoms with Gasteiger partial charge in [0.15, 0.2) is 8.68 Å². The summed E-state index contributed by atoms with van der Waals surface area (Å²) >= 11 is 4.75. The molecule has 0 saturated heterocycles. The molecule has 0 amide bonds. The van der Waals surface area contributed by atoms with E-state index in [9.17, 15) is 4.79 Å². The standard InChI is InChI=1S/C15H14N2O2S3/c1-8-4-11-10(6-13(18)19-12(11)5-9(8)2)7-21-15-17-16-14(20-3)22-15/h4-6H,7H2,1-3H3. The molecule has 3 rings (SSSR count). The number of hydrogen-bond acceptors (Lipinski definition) is 7. The van der Waals surface area contributed by atoms with Gasteiger partial charge in [-0.15, -0.1) is 10.2 Å². The average Bonchev–Trinajstić information content (AvgIpc) is 2.94. The smallest absolute Gasteiger partial charge is 0.336 e. The van der Waals surface area contributed by atoms with E-state index in [1.54, 1.807) is 40.9 Å². The van der Waals surface area contributed by atoms with Gasteiger partial charge in [0, 0.05) is 17.2 Å². The number of benzene rings is 1. The van der Waals surface area contributed by atoms with Crippen LogP contribution in [0.2, 0.25) is 0 Å². The molecule has 0 spiro atoms. The minimum atomic E-state index is -0.312. The largest absolute Gasteiger partial charge is 0.423 e. The van der Waals surface area contributed by atoms with E-state index in [2.05, 4.69) is 23.2 Å². The molecule has 0 fully saturated rings. The third kappa shape index (κ3) is 3.21. The van der Waals surface area contributed by atoms with Crippen molar-refractivity contribution in [3.63, 3.8) is 0 Å². The Kier molecular flexibility index (Phi) is 4.56. The van der Waals surface area contributed by atoms with Crippen molar-refractivity contribution in [1.29, 1.82) is 0 Å². The lowest BCUT2D eigenvalue weighted by atomic mass is 10.0. The number of nitrogens with zero attached hydrogens (tertiary/aromatic N) is 2. The van der Waals surface area contributed by atoms with E-state index in [0.717, 1.165) is 25.2 Å². The van der Waals surface area contributed by atoms with E-state index in [-0.39, 0.29) is 5.63 Å². The molecule has 0 bridgehead atoms. The van der Waals surface area contributed by atoms with Gasteiger partial charge in [0.1, 0.15) is 5.58 Å². The lowest BCUT2D eigenvalue weighted by Crippen LogP contribution is -2.00. The van der Waals surface area contributed by atoms with Gasteiger partial charge in [0.05, 0.1) is 0 Å². The summed E-state index contributed by atoms with van der Waals surface area (Å²) in [5.74, 6) is 0.674. The summed E-state index contributed by atoms with van der Waals surface area (Å²) in [6.07, 6.45) is 1.98. The molecule has 22 heavy (non-hydrogen) atoms. The van der Waals surface area contributed by atoms with Crippen molar-refractivity contribution < 1.29 is 4.42 Å². The third-order valence-electron chi connectivity index (χ3n) is 3.36. The molecule has 3 aromatic rings. The van der Waals surface area contributed by atoms with Crippen LogP contribution in [0.4, 0.5) is 0 Å². The van der Waals surface area contributed by atoms with Crippen molar-refractivity contribution in [2.45, 2.75) is 28.3 Å². The van der Waals surface area contributed by atoms with Gasteiger partial charge in [0.2, 0.25) is 0 Å². The van der Waals surface area contributed by atoms with Crippen LogP contribution in [-0.2, 0) is 5.75 Å². The minimum Gasteiger partial charge on any atom is -0.423 e. The van der Waals surface area contributed by atoms with Gasteiger partial charge in [-0.1, -0.05) is 34.9 Å². The van der Waals surface area contributed by atoms with Gasteiger partial charge < -0.3 is 4.42 Å². The Balaban J connectivity index is 1.95. The number of aromatic nitrogens is 2. The van der Waals surface area contributed by atoms with Gasteiger partial charge in [-0.3, -0.25) is 0 Å². The highest BCUT2D eigenvalue weighted by atomic mass is 32.2. The topological polar surface area (TPSA) is 56.0 Å². The Hall–Kier alpha value is -1.31. The number of hydrogen-bond donors (Lipinski definition) is 0. The summed E-state index contributed by atoms with van der Waals surface area (Å²) in [6, 6.07) is 5.58. The van der Waals surface area contributed by atoms with E-state index in [4.69, 9.17) is 4.42 Å². The van der Waals surface area contributed by atoms with Crippen LogP contribution in [0.15, 0.2) is 36.1 Å². The average molecular weight is 350 g/mol. The summed E-state index contributed by atoms with van der Waals surface area (Å²) in [6.45, 7) is 4.08. The molecular formula is C15H14N2O2S3. The molecule has 0 unspecified atom stereocenters. The van der Waals surface area contributed by atoms with Crippen LogP contribution in [0.3, 0.4) is 0 Å². The maximum absolute atomic E-state index is 11.8. The molecule has 0 aliphatic rings. The number of rotatable bonds is 4. The highest BCUT2D eigenvalue weighted by Crippen LogP contribution is 2.31. The van der Waals surface area contributed by atoms with Gasteiger partial charge in [-0.2, -0.15) is 0 Å². The maximum Gasteiger partial charge on any atom is 0.336 e. The van der Waals surface area contributed by atoms with E-state index < -0.39 is 0 Å². The lowest BCUT2D eigenvalue weighted by molar-refractivity contribution is 0.559. The fraction of sp³-hybridized carbons (Fsp3) is 0.267. The number of fused-ring (bicyclic) bond motifs is 1. The van der Waals surface area contributed by atoms with Crippen LogP contribution in [0, 0.1) is 13.8 Å². The molecule has 0 atom stereocenters. The Morgan fingerprint density at radius 2 is 1.86 bits per heavy atom. The summed E-state index contributed by atoms with van der Waals surface area (Å²) < 4.78 is 7.18. The zero-order chi connectivity index (χ0) is 15.7. The zero-order valence-electron chi connectivity index (χ0n) is 12.4. The second-order valence-corrected chi connectivity index (χ2v) is 8.10. The highest BCUT2D eigenvalue weighted by molar-refractivity contribution is 8.02. The molecule has 1 aromatic carbocycles. The molecule has 2 heterocycles. The van der Waals surface area contributed by atoms with E-state index >= 15 is 0 Å². The fourth-order valence-corrected chi connectivity index (χ4v) is 4.51. The van der Waals surface area contributed by atoms with Crippen LogP contribution in [0.25, 0.3) is 11.0 Å². The van der Waals surface area contributed by atoms with E-state index in [1.807, 2.05) is 19.2 Å². The van der Waals surface area contributed by atoms with E-state index in [0.29, 0.717) is 11.3 Å². The molecule has 0 N–H and O–H groups in total. The Morgan fingerprint density at radius 1 is 1.14 bits per heavy atom. The summed E-state index contributed by atoms with van der Waals surface area (Å²) in [5.41, 5.74) is 3.62. The molecule has 2 aromatic heterocycles. The van der Waals surface area contributed by atoms with Crippen LogP contribution in [-0.4, -0.2) is 16.5 Å². The van der Waals surface area contributed by atoms with E-state index in [1.165, 1.54) is 5.56 Å². The van der Waals surface area contributed by atoms with Gasteiger partial charge in [-0.05, 0) is 48.9 Å². The van der Waals surface area contributed by atoms with Gasteiger partial charge >= 0.3 is 5.63 Å². The quantitative estimate of drug-likeness (QED) is 0.517. The van der Waals surface area contributed by atoms with Crippen LogP contribution < -0.4 is 5.63 Å². The van der Waals surface area contributed by atoms with Crippen LogP contribution in [0.1, 0.15) is 16.7 Å². The summed E-state index contributed by atoms with van der Waals surface area (Å²) in [4.78, 5) is 11.8. The fourth-order valence-electron chi connectivity index (χ4n) is 2.08. The van der Waals surface area contributed by atoms with Gasteiger partial charge in [0.25, 0.3) is 0 Å². The number of thioether (sulfide) groups is 2. The molecule has 7 heteroatoms. The predicted molar refractivity (Wildman–Crippen MR) is 93.2 cm³/mol. The molecule has 0 aliphatic heterocycles. The molecular weight excluding hydrogens is 336 g/mol. The van der Waals surface area contributed by atoms with Crippen molar-refractivity contribution in [2.24, 2.45) is 0 Å². The van der Waals surface area contributed by atoms with Crippen molar-refractivity contribution >= 4 is 45.8 Å². The molecule has 0 radical (unpaired) electrons. The van der Waals surface area contributed by atoms with Crippen molar-refractivity contribution in [3.8, 4) is 0 Å².